The van der Waals surface area contributed by atoms with Gasteiger partial charge in [-0.15, -0.1) is 0 Å². The highest BCUT2D eigenvalue weighted by molar-refractivity contribution is 5.74. The Bertz CT molecular complexity index is 416. The molecule has 0 unspecified atom stereocenters. The molecule has 1 aromatic rings. The lowest BCUT2D eigenvalue weighted by atomic mass is 10.2. The van der Waals surface area contributed by atoms with Crippen molar-refractivity contribution in [1.29, 1.82) is 0 Å². The smallest absolute Gasteiger partial charge is 0.315 e. The highest BCUT2D eigenvalue weighted by Gasteiger charge is 2.33. The van der Waals surface area contributed by atoms with Gasteiger partial charge in [-0.3, -0.25) is 0 Å². The van der Waals surface area contributed by atoms with E-state index in [1.807, 2.05) is 24.3 Å². The summed E-state index contributed by atoms with van der Waals surface area (Å²) in [6, 6.07) is 8.49. The zero-order chi connectivity index (χ0) is 13.7. The first-order valence-electron chi connectivity index (χ1n) is 7.06. The van der Waals surface area contributed by atoms with Gasteiger partial charge < -0.3 is 16.0 Å². The highest BCUT2D eigenvalue weighted by atomic mass is 16.2. The molecule has 104 valence electrons. The summed E-state index contributed by atoms with van der Waals surface area (Å²) in [7, 11) is 0. The van der Waals surface area contributed by atoms with Crippen LogP contribution in [0, 0.1) is 5.92 Å². The molecule has 19 heavy (non-hydrogen) atoms. The molecule has 0 saturated heterocycles. The fourth-order valence-electron chi connectivity index (χ4n) is 1.93. The maximum absolute atomic E-state index is 11.6. The van der Waals surface area contributed by atoms with Gasteiger partial charge in [0.15, 0.2) is 0 Å². The molecule has 4 heteroatoms. The largest absolute Gasteiger partial charge is 0.385 e. The van der Waals surface area contributed by atoms with Crippen molar-refractivity contribution in [3.63, 3.8) is 0 Å². The van der Waals surface area contributed by atoms with E-state index in [2.05, 4.69) is 29.8 Å². The van der Waals surface area contributed by atoms with Gasteiger partial charge in [0.1, 0.15) is 0 Å². The number of amides is 2. The van der Waals surface area contributed by atoms with Crippen LogP contribution in [0.1, 0.15) is 32.3 Å². The third-order valence-corrected chi connectivity index (χ3v) is 3.41. The summed E-state index contributed by atoms with van der Waals surface area (Å²) < 4.78 is 0. The lowest BCUT2D eigenvalue weighted by Crippen LogP contribution is -2.36. The van der Waals surface area contributed by atoms with Crippen molar-refractivity contribution in [2.24, 2.45) is 5.92 Å². The quantitative estimate of drug-likeness (QED) is 0.737. The third kappa shape index (κ3) is 4.47. The number of carbonyl (C=O) groups excluding carboxylic acids is 1. The van der Waals surface area contributed by atoms with Crippen LogP contribution >= 0.6 is 0 Å². The number of hydrogen-bond acceptors (Lipinski definition) is 2. The van der Waals surface area contributed by atoms with Crippen molar-refractivity contribution in [2.75, 3.05) is 11.9 Å². The third-order valence-electron chi connectivity index (χ3n) is 3.41. The summed E-state index contributed by atoms with van der Waals surface area (Å²) in [5.41, 5.74) is 2.24. The Hall–Kier alpha value is -1.71. The molecule has 3 N–H and O–H groups in total. The maximum Gasteiger partial charge on any atom is 0.315 e. The molecule has 0 bridgehead atoms. The Kier molecular flexibility index (Phi) is 4.66. The molecule has 2 atom stereocenters. The normalized spacial score (nSPS) is 20.7. The summed E-state index contributed by atoms with van der Waals surface area (Å²) in [5, 5.41) is 9.16. The fraction of sp³-hybridized carbons (Fsp3) is 0.533. The van der Waals surface area contributed by atoms with Crippen LogP contribution in [0.15, 0.2) is 24.3 Å². The molecule has 1 fully saturated rings. The number of carbonyl (C=O) groups is 1. The van der Waals surface area contributed by atoms with Crippen LogP contribution in [0.2, 0.25) is 0 Å². The van der Waals surface area contributed by atoms with Gasteiger partial charge in [-0.25, -0.2) is 4.79 Å². The van der Waals surface area contributed by atoms with Crippen LogP contribution in [-0.2, 0) is 6.54 Å². The van der Waals surface area contributed by atoms with Crippen molar-refractivity contribution in [2.45, 2.75) is 39.3 Å². The van der Waals surface area contributed by atoms with E-state index in [0.29, 0.717) is 18.5 Å². The average Bonchev–Trinajstić information content (AvgIpc) is 3.10. The van der Waals surface area contributed by atoms with E-state index in [9.17, 15) is 4.79 Å². The Morgan fingerprint density at radius 1 is 1.32 bits per heavy atom. The van der Waals surface area contributed by atoms with Crippen molar-refractivity contribution >= 4 is 11.7 Å². The van der Waals surface area contributed by atoms with E-state index in [-0.39, 0.29) is 6.03 Å². The lowest BCUT2D eigenvalue weighted by Gasteiger charge is -2.08. The zero-order valence-corrected chi connectivity index (χ0v) is 11.7. The highest BCUT2D eigenvalue weighted by Crippen LogP contribution is 2.28. The van der Waals surface area contributed by atoms with Gasteiger partial charge >= 0.3 is 6.03 Å². The monoisotopic (exact) mass is 261 g/mol. The number of rotatable bonds is 6. The average molecular weight is 261 g/mol. The molecule has 4 nitrogen and oxygen atoms in total. The molecule has 0 aliphatic heterocycles. The molecule has 0 heterocycles. The Labute approximate surface area is 115 Å². The molecule has 1 aliphatic rings. The topological polar surface area (TPSA) is 53.2 Å². The van der Waals surface area contributed by atoms with Gasteiger partial charge in [0, 0.05) is 24.8 Å². The zero-order valence-electron chi connectivity index (χ0n) is 11.7. The van der Waals surface area contributed by atoms with E-state index < -0.39 is 0 Å². The van der Waals surface area contributed by atoms with Crippen LogP contribution in [-0.4, -0.2) is 18.6 Å². The van der Waals surface area contributed by atoms with Crippen LogP contribution in [0.3, 0.4) is 0 Å². The van der Waals surface area contributed by atoms with Crippen molar-refractivity contribution < 1.29 is 4.79 Å². The molecule has 2 amide bonds. The van der Waals surface area contributed by atoms with Gasteiger partial charge in [0.05, 0.1) is 0 Å². The molecule has 1 saturated carbocycles. The van der Waals surface area contributed by atoms with Crippen molar-refractivity contribution in [3.8, 4) is 0 Å². The molecule has 0 aromatic heterocycles. The van der Waals surface area contributed by atoms with E-state index >= 15 is 0 Å². The molecule has 1 aliphatic carbocycles. The van der Waals surface area contributed by atoms with Crippen molar-refractivity contribution in [1.82, 2.24) is 10.6 Å². The molecular weight excluding hydrogens is 238 g/mol. The number of urea groups is 1. The van der Waals surface area contributed by atoms with Crippen LogP contribution in [0.4, 0.5) is 10.5 Å². The van der Waals surface area contributed by atoms with Gasteiger partial charge in [0.25, 0.3) is 0 Å². The molecular formula is C15H23N3O. The summed E-state index contributed by atoms with van der Waals surface area (Å²) >= 11 is 0. The lowest BCUT2D eigenvalue weighted by molar-refractivity contribution is 0.239. The molecule has 1 aromatic carbocycles. The number of nitrogens with one attached hydrogen (secondary N) is 3. The first kappa shape index (κ1) is 13.7. The van der Waals surface area contributed by atoms with Crippen LogP contribution < -0.4 is 16.0 Å². The number of benzene rings is 1. The SMILES string of the molecule is CCCNc1ccc(CNC(=O)N[C@@H]2C[C@@H]2C)cc1. The number of anilines is 1. The van der Waals surface area contributed by atoms with E-state index in [1.165, 1.54) is 0 Å². The van der Waals surface area contributed by atoms with Gasteiger partial charge in [-0.1, -0.05) is 26.0 Å². The minimum atomic E-state index is -0.0671. The van der Waals surface area contributed by atoms with E-state index in [1.54, 1.807) is 0 Å². The standard InChI is InChI=1S/C15H23N3O/c1-3-8-16-13-6-4-12(5-7-13)10-17-15(19)18-14-9-11(14)2/h4-7,11,14,16H,3,8-10H2,1-2H3,(H2,17,18,19)/t11-,14+/m0/s1. The molecule has 0 spiro atoms. The summed E-state index contributed by atoms with van der Waals surface area (Å²) in [6.45, 7) is 5.85. The van der Waals surface area contributed by atoms with Crippen LogP contribution in [0.5, 0.6) is 0 Å². The first-order valence-corrected chi connectivity index (χ1v) is 7.06. The summed E-state index contributed by atoms with van der Waals surface area (Å²) in [5.74, 6) is 0.634. The maximum atomic E-state index is 11.6. The van der Waals surface area contributed by atoms with Gasteiger partial charge in [-0.05, 0) is 36.5 Å². The summed E-state index contributed by atoms with van der Waals surface area (Å²) in [6.07, 6.45) is 2.22. The molecule has 2 rings (SSSR count). The first-order chi connectivity index (χ1) is 9.19. The Morgan fingerprint density at radius 3 is 2.58 bits per heavy atom. The summed E-state index contributed by atoms with van der Waals surface area (Å²) in [4.78, 5) is 11.6. The second kappa shape index (κ2) is 6.45. The van der Waals surface area contributed by atoms with Crippen molar-refractivity contribution in [3.05, 3.63) is 29.8 Å². The molecule has 0 radical (unpaired) electrons. The minimum absolute atomic E-state index is 0.0671. The van der Waals surface area contributed by atoms with Crippen LogP contribution in [0.25, 0.3) is 0 Å². The number of hydrogen-bond donors (Lipinski definition) is 3. The second-order valence-electron chi connectivity index (χ2n) is 5.27. The second-order valence-corrected chi connectivity index (χ2v) is 5.27. The van der Waals surface area contributed by atoms with Gasteiger partial charge in [0.2, 0.25) is 0 Å². The predicted molar refractivity (Wildman–Crippen MR) is 78.2 cm³/mol. The predicted octanol–water partition coefficient (Wildman–Crippen LogP) is 2.72. The van der Waals surface area contributed by atoms with E-state index in [0.717, 1.165) is 30.6 Å². The fourth-order valence-corrected chi connectivity index (χ4v) is 1.93. The van der Waals surface area contributed by atoms with Gasteiger partial charge in [-0.2, -0.15) is 0 Å². The Balaban J connectivity index is 1.71. The Morgan fingerprint density at radius 2 is 2.00 bits per heavy atom. The minimum Gasteiger partial charge on any atom is -0.385 e. The van der Waals surface area contributed by atoms with E-state index in [4.69, 9.17) is 0 Å².